The highest BCUT2D eigenvalue weighted by Crippen LogP contribution is 2.42. The van der Waals surface area contributed by atoms with Crippen molar-refractivity contribution in [3.05, 3.63) is 34.5 Å². The molecule has 0 radical (unpaired) electrons. The number of ether oxygens (including phenoxy) is 1. The summed E-state index contributed by atoms with van der Waals surface area (Å²) < 4.78 is 9.87. The van der Waals surface area contributed by atoms with Gasteiger partial charge in [0.25, 0.3) is 0 Å². The first-order valence-electron chi connectivity index (χ1n) is 9.83. The zero-order valence-electron chi connectivity index (χ0n) is 17.5. The zero-order valence-corrected chi connectivity index (χ0v) is 17.5. The molecule has 3 aromatic rings. The molecule has 0 spiro atoms. The maximum absolute atomic E-state index is 12.2. The number of aromatic hydroxyl groups is 6. The Hall–Kier alpha value is -3.79. The fourth-order valence-electron chi connectivity index (χ4n) is 3.29. The van der Waals surface area contributed by atoms with E-state index in [1.54, 1.807) is 0 Å². The summed E-state index contributed by atoms with van der Waals surface area (Å²) in [7, 11) is 0. The van der Waals surface area contributed by atoms with Crippen molar-refractivity contribution in [1.29, 1.82) is 0 Å². The molecule has 14 nitrogen and oxygen atoms in total. The first kappa shape index (κ1) is 25.8. The van der Waals surface area contributed by atoms with E-state index in [-0.39, 0.29) is 22.3 Å². The summed E-state index contributed by atoms with van der Waals surface area (Å²) in [5, 5.41) is 102. The van der Waals surface area contributed by atoms with E-state index in [9.17, 15) is 35.4 Å². The van der Waals surface area contributed by atoms with E-state index in [0.717, 1.165) is 24.3 Å². The Bertz CT molecular complexity index is 1260. The molecule has 35 heavy (non-hydrogen) atoms. The van der Waals surface area contributed by atoms with Crippen molar-refractivity contribution in [3.8, 4) is 45.8 Å². The topological polar surface area (TPSA) is 262 Å². The molecular weight excluding hydrogens is 476 g/mol. The van der Waals surface area contributed by atoms with Gasteiger partial charge in [0.15, 0.2) is 29.3 Å². The van der Waals surface area contributed by atoms with E-state index in [0.29, 0.717) is 0 Å². The Morgan fingerprint density at radius 2 is 1.34 bits per heavy atom. The lowest BCUT2D eigenvalue weighted by Crippen LogP contribution is -2.58. The first-order chi connectivity index (χ1) is 16.4. The van der Waals surface area contributed by atoms with Crippen LogP contribution in [0.4, 0.5) is 0 Å². The van der Waals surface area contributed by atoms with Gasteiger partial charge in [-0.2, -0.15) is 0 Å². The van der Waals surface area contributed by atoms with Gasteiger partial charge in [0.1, 0.15) is 46.9 Å². The lowest BCUT2D eigenvalue weighted by atomic mass is 10.00. The first-order valence-corrected chi connectivity index (χ1v) is 9.83. The van der Waals surface area contributed by atoms with Crippen molar-refractivity contribution >= 4 is 11.0 Å². The second kappa shape index (κ2) is 9.83. The summed E-state index contributed by atoms with van der Waals surface area (Å²) in [5.41, 5.74) is -1.28. The van der Waals surface area contributed by atoms with Crippen LogP contribution in [0, 0.1) is 0 Å². The smallest absolute Gasteiger partial charge is 0.238 e. The summed E-state index contributed by atoms with van der Waals surface area (Å²) in [6, 6.07) is 3.89. The van der Waals surface area contributed by atoms with Gasteiger partial charge in [0.05, 0.1) is 6.61 Å². The van der Waals surface area contributed by atoms with Gasteiger partial charge in [-0.1, -0.05) is 0 Å². The van der Waals surface area contributed by atoms with Gasteiger partial charge in [-0.05, 0) is 12.1 Å². The highest BCUT2D eigenvalue weighted by molar-refractivity contribution is 5.88. The van der Waals surface area contributed by atoms with Crippen molar-refractivity contribution in [2.24, 2.45) is 0 Å². The number of hydrogen-bond donors (Lipinski definition) is 11. The second-order valence-electron chi connectivity index (χ2n) is 7.53. The van der Waals surface area contributed by atoms with Crippen LogP contribution in [0.3, 0.4) is 0 Å². The summed E-state index contributed by atoms with van der Waals surface area (Å²) in [6.07, 6.45) is -7.04. The monoisotopic (exact) mass is 498 g/mol. The van der Waals surface area contributed by atoms with Gasteiger partial charge in [0.2, 0.25) is 11.2 Å². The van der Waals surface area contributed by atoms with Crippen LogP contribution in [-0.4, -0.2) is 93.5 Å². The fraction of sp³-hybridized carbons (Fsp3) is 0.286. The molecule has 11 N–H and O–H groups in total. The number of rotatable bonds is 2. The number of hydrogen-bond acceptors (Lipinski definition) is 14. The third kappa shape index (κ3) is 4.88. The van der Waals surface area contributed by atoms with Gasteiger partial charge in [0, 0.05) is 17.7 Å². The average molecular weight is 498 g/mol. The Kier molecular flexibility index (Phi) is 7.25. The molecule has 4 rings (SSSR count). The summed E-state index contributed by atoms with van der Waals surface area (Å²) in [6.45, 7) is -0.526. The molecule has 2 aromatic carbocycles. The molecular formula is C21H22O14. The van der Waals surface area contributed by atoms with Crippen LogP contribution in [0.1, 0.15) is 0 Å². The van der Waals surface area contributed by atoms with Crippen molar-refractivity contribution in [2.75, 3.05) is 6.61 Å². The van der Waals surface area contributed by atoms with E-state index in [4.69, 9.17) is 29.9 Å². The van der Waals surface area contributed by atoms with Crippen molar-refractivity contribution in [2.45, 2.75) is 30.7 Å². The van der Waals surface area contributed by atoms with E-state index in [1.807, 2.05) is 0 Å². The summed E-state index contributed by atoms with van der Waals surface area (Å²) >= 11 is 0. The van der Waals surface area contributed by atoms with Crippen molar-refractivity contribution < 1.29 is 65.3 Å². The van der Waals surface area contributed by atoms with Gasteiger partial charge in [-0.15, -0.1) is 0 Å². The Balaban J connectivity index is 0.000000241. The van der Waals surface area contributed by atoms with Gasteiger partial charge >= 0.3 is 0 Å². The molecule has 5 atom stereocenters. The van der Waals surface area contributed by atoms with E-state index >= 15 is 0 Å². The molecule has 1 aromatic heterocycles. The Morgan fingerprint density at radius 3 is 1.91 bits per heavy atom. The molecule has 1 aliphatic heterocycles. The summed E-state index contributed by atoms with van der Waals surface area (Å²) in [5.74, 6) is -4.40. The molecule has 0 saturated carbocycles. The van der Waals surface area contributed by atoms with Crippen LogP contribution in [0.2, 0.25) is 0 Å². The van der Waals surface area contributed by atoms with E-state index in [2.05, 4.69) is 4.74 Å². The van der Waals surface area contributed by atoms with Crippen molar-refractivity contribution in [1.82, 2.24) is 0 Å². The minimum absolute atomic E-state index is 0.0999. The van der Waals surface area contributed by atoms with Gasteiger partial charge in [-0.25, -0.2) is 0 Å². The van der Waals surface area contributed by atoms with Crippen LogP contribution in [0.25, 0.3) is 22.3 Å². The molecule has 1 fully saturated rings. The third-order valence-electron chi connectivity index (χ3n) is 5.13. The molecule has 1 saturated heterocycles. The second-order valence-corrected chi connectivity index (χ2v) is 7.53. The number of benzene rings is 2. The number of phenolic OH excluding ortho intramolecular Hbond substituents is 5. The lowest BCUT2D eigenvalue weighted by Gasteiger charge is -2.37. The Morgan fingerprint density at radius 1 is 0.743 bits per heavy atom. The minimum Gasteiger partial charge on any atom is -0.508 e. The quantitative estimate of drug-likeness (QED) is 0.179. The van der Waals surface area contributed by atoms with Crippen LogP contribution in [-0.2, 0) is 4.74 Å². The number of fused-ring (bicyclic) bond motifs is 1. The number of aliphatic hydroxyl groups is 5. The highest BCUT2D eigenvalue weighted by Gasteiger charge is 2.42. The molecule has 1 unspecified atom stereocenters. The standard InChI is InChI=1S/C15H10O8.C6H12O6/c16-6-3-7(17)11-10(4-6)23-15(14(22)13(11)21)5-1-8(18)12(20)9(19)2-5;7-1-2-3(8)4(9)5(10)6(11)12-2/h1-4,16-20,22H;2-11H,1H2/t;2-,3-,4+,5+,6?/m.0/s1. The van der Waals surface area contributed by atoms with Crippen molar-refractivity contribution in [3.63, 3.8) is 0 Å². The van der Waals surface area contributed by atoms with E-state index in [1.165, 1.54) is 0 Å². The lowest BCUT2D eigenvalue weighted by molar-refractivity contribution is -0.286. The van der Waals surface area contributed by atoms with Crippen LogP contribution >= 0.6 is 0 Å². The number of phenols is 5. The number of aliphatic hydroxyl groups excluding tert-OH is 5. The van der Waals surface area contributed by atoms with Gasteiger partial charge < -0.3 is 65.3 Å². The predicted octanol–water partition coefficient (Wildman–Crippen LogP) is -1.53. The zero-order chi connectivity index (χ0) is 26.2. The van der Waals surface area contributed by atoms with Crippen LogP contribution in [0.15, 0.2) is 33.5 Å². The average Bonchev–Trinajstić information content (AvgIpc) is 2.80. The molecule has 190 valence electrons. The van der Waals surface area contributed by atoms with Gasteiger partial charge in [-0.3, -0.25) is 4.79 Å². The molecule has 2 heterocycles. The minimum atomic E-state index is -1.57. The molecule has 0 aliphatic carbocycles. The largest absolute Gasteiger partial charge is 0.508 e. The predicted molar refractivity (Wildman–Crippen MR) is 114 cm³/mol. The molecule has 0 amide bonds. The molecule has 14 heteroatoms. The van der Waals surface area contributed by atoms with Crippen LogP contribution < -0.4 is 5.43 Å². The van der Waals surface area contributed by atoms with Crippen LogP contribution in [0.5, 0.6) is 34.5 Å². The SMILES string of the molecule is O=c1c(O)c(-c2cc(O)c(O)c(O)c2)oc2cc(O)cc(O)c12.OC[C@@H]1OC(O)[C@H](O)[C@H](O)[C@H]1O. The third-order valence-corrected chi connectivity index (χ3v) is 5.13. The maximum atomic E-state index is 12.2. The fourth-order valence-corrected chi connectivity index (χ4v) is 3.29. The Labute approximate surface area is 194 Å². The highest BCUT2D eigenvalue weighted by atomic mass is 16.6. The normalized spacial score (nSPS) is 24.1. The molecule has 1 aliphatic rings. The van der Waals surface area contributed by atoms with E-state index < -0.39 is 77.2 Å². The maximum Gasteiger partial charge on any atom is 0.238 e. The molecule has 0 bridgehead atoms. The summed E-state index contributed by atoms with van der Waals surface area (Å²) in [4.78, 5) is 12.2.